The Bertz CT molecular complexity index is 540. The minimum absolute atomic E-state index is 0.206. The second-order valence-electron chi connectivity index (χ2n) is 4.62. The first-order chi connectivity index (χ1) is 8.15. The van der Waals surface area contributed by atoms with Crippen LogP contribution in [0.5, 0.6) is 0 Å². The van der Waals surface area contributed by atoms with Gasteiger partial charge in [0.2, 0.25) is 0 Å². The topological polar surface area (TPSA) is 34.4 Å². The average molecular weight is 230 g/mol. The minimum atomic E-state index is 0.206. The smallest absolute Gasteiger partial charge is 0.166 e. The van der Waals surface area contributed by atoms with Crippen LogP contribution in [-0.2, 0) is 0 Å². The van der Waals surface area contributed by atoms with E-state index in [1.54, 1.807) is 4.52 Å². The Labute approximate surface area is 101 Å². The summed E-state index contributed by atoms with van der Waals surface area (Å²) in [6, 6.07) is 5.84. The van der Waals surface area contributed by atoms with Gasteiger partial charge in [0.15, 0.2) is 5.78 Å². The van der Waals surface area contributed by atoms with Crippen LogP contribution in [0, 0.1) is 0 Å². The molecule has 2 aromatic heterocycles. The van der Waals surface area contributed by atoms with E-state index in [4.69, 9.17) is 0 Å². The molecule has 3 nitrogen and oxygen atoms in total. The Morgan fingerprint density at radius 2 is 2.18 bits per heavy atom. The van der Waals surface area contributed by atoms with Crippen LogP contribution < -0.4 is 0 Å². The fraction of sp³-hybridized carbons (Fsp3) is 0.429. The molecule has 90 valence electrons. The highest BCUT2D eigenvalue weighted by Gasteiger charge is 2.20. The second kappa shape index (κ2) is 4.70. The van der Waals surface area contributed by atoms with Gasteiger partial charge in [-0.1, -0.05) is 26.8 Å². The zero-order valence-electron chi connectivity index (χ0n) is 10.6. The molecule has 17 heavy (non-hydrogen) atoms. The van der Waals surface area contributed by atoms with Crippen molar-refractivity contribution in [3.63, 3.8) is 0 Å². The van der Waals surface area contributed by atoms with E-state index in [0.29, 0.717) is 6.42 Å². The molecule has 0 N–H and O–H groups in total. The van der Waals surface area contributed by atoms with E-state index in [1.807, 2.05) is 31.3 Å². The minimum Gasteiger partial charge on any atom is -0.294 e. The molecule has 2 aromatic rings. The summed E-state index contributed by atoms with van der Waals surface area (Å²) in [5.74, 6) is 0.475. The number of nitrogens with zero attached hydrogens (tertiary/aromatic N) is 2. The number of hydrogen-bond acceptors (Lipinski definition) is 2. The number of Topliss-reactive ketones (excluding diaryl/α,β-unsaturated/α-hetero) is 1. The van der Waals surface area contributed by atoms with Crippen LogP contribution in [0.3, 0.4) is 0 Å². The molecule has 2 rings (SSSR count). The lowest BCUT2D eigenvalue weighted by Crippen LogP contribution is -2.03. The summed E-state index contributed by atoms with van der Waals surface area (Å²) < 4.78 is 1.80. The fourth-order valence-electron chi connectivity index (χ4n) is 2.06. The molecule has 0 radical (unpaired) electrons. The molecular weight excluding hydrogens is 212 g/mol. The molecule has 0 saturated heterocycles. The molecule has 0 aromatic carbocycles. The Morgan fingerprint density at radius 3 is 2.82 bits per heavy atom. The van der Waals surface area contributed by atoms with E-state index in [0.717, 1.165) is 23.2 Å². The Hall–Kier alpha value is -1.64. The van der Waals surface area contributed by atoms with Crippen LogP contribution in [-0.4, -0.2) is 15.4 Å². The Kier molecular flexibility index (Phi) is 3.27. The van der Waals surface area contributed by atoms with E-state index in [2.05, 4.69) is 18.9 Å². The van der Waals surface area contributed by atoms with Crippen LogP contribution in [0.15, 0.2) is 24.4 Å². The maximum atomic E-state index is 12.2. The Balaban J connectivity index is 2.63. The third kappa shape index (κ3) is 2.09. The van der Waals surface area contributed by atoms with E-state index in [-0.39, 0.29) is 11.7 Å². The zero-order valence-corrected chi connectivity index (χ0v) is 10.6. The highest BCUT2D eigenvalue weighted by Crippen LogP contribution is 2.24. The predicted octanol–water partition coefficient (Wildman–Crippen LogP) is 3.44. The van der Waals surface area contributed by atoms with Crippen LogP contribution in [0.1, 0.15) is 55.6 Å². The number of hydrogen-bond donors (Lipinski definition) is 0. The van der Waals surface area contributed by atoms with Gasteiger partial charge in [-0.25, -0.2) is 4.52 Å². The lowest BCUT2D eigenvalue weighted by atomic mass is 9.99. The molecule has 0 atom stereocenters. The maximum absolute atomic E-state index is 12.2. The van der Waals surface area contributed by atoms with Crippen molar-refractivity contribution in [2.75, 3.05) is 0 Å². The molecular formula is C14H18N2O. The third-order valence-electron chi connectivity index (χ3n) is 2.87. The van der Waals surface area contributed by atoms with Crippen molar-refractivity contribution in [2.45, 2.75) is 39.5 Å². The van der Waals surface area contributed by atoms with E-state index >= 15 is 0 Å². The van der Waals surface area contributed by atoms with Gasteiger partial charge in [0.1, 0.15) is 0 Å². The Morgan fingerprint density at radius 1 is 1.41 bits per heavy atom. The van der Waals surface area contributed by atoms with Gasteiger partial charge < -0.3 is 0 Å². The van der Waals surface area contributed by atoms with E-state index < -0.39 is 0 Å². The van der Waals surface area contributed by atoms with Crippen LogP contribution in [0.25, 0.3) is 5.52 Å². The van der Waals surface area contributed by atoms with Crippen molar-refractivity contribution in [3.05, 3.63) is 35.7 Å². The molecule has 0 spiro atoms. The summed E-state index contributed by atoms with van der Waals surface area (Å²) in [4.78, 5) is 12.2. The van der Waals surface area contributed by atoms with Crippen molar-refractivity contribution >= 4 is 11.3 Å². The third-order valence-corrected chi connectivity index (χ3v) is 2.87. The van der Waals surface area contributed by atoms with Crippen molar-refractivity contribution in [1.82, 2.24) is 9.61 Å². The van der Waals surface area contributed by atoms with Crippen molar-refractivity contribution in [1.29, 1.82) is 0 Å². The summed E-state index contributed by atoms with van der Waals surface area (Å²) in [6.07, 6.45) is 3.36. The number of aromatic nitrogens is 2. The van der Waals surface area contributed by atoms with Crippen LogP contribution >= 0.6 is 0 Å². The molecule has 0 aliphatic carbocycles. The SMILES string of the molecule is CCCC(=O)c1c(C(C)C)nn2ccccc12. The lowest BCUT2D eigenvalue weighted by molar-refractivity contribution is 0.0982. The molecule has 0 aliphatic rings. The lowest BCUT2D eigenvalue weighted by Gasteiger charge is -2.03. The first-order valence-electron chi connectivity index (χ1n) is 6.15. The summed E-state index contributed by atoms with van der Waals surface area (Å²) in [6.45, 7) is 6.17. The average Bonchev–Trinajstić information content (AvgIpc) is 2.68. The first-order valence-corrected chi connectivity index (χ1v) is 6.15. The highest BCUT2D eigenvalue weighted by atomic mass is 16.1. The number of fused-ring (bicyclic) bond motifs is 1. The maximum Gasteiger partial charge on any atom is 0.166 e. The monoisotopic (exact) mass is 230 g/mol. The van der Waals surface area contributed by atoms with Crippen molar-refractivity contribution < 1.29 is 4.79 Å². The number of rotatable bonds is 4. The number of ketones is 1. The quantitative estimate of drug-likeness (QED) is 0.754. The van der Waals surface area contributed by atoms with Gasteiger partial charge >= 0.3 is 0 Å². The number of carbonyl (C=O) groups is 1. The van der Waals surface area contributed by atoms with Gasteiger partial charge in [-0.3, -0.25) is 4.79 Å². The summed E-state index contributed by atoms with van der Waals surface area (Å²) in [5, 5.41) is 4.51. The fourth-order valence-corrected chi connectivity index (χ4v) is 2.06. The number of carbonyl (C=O) groups excluding carboxylic acids is 1. The molecule has 0 fully saturated rings. The van der Waals surface area contributed by atoms with E-state index in [9.17, 15) is 4.79 Å². The van der Waals surface area contributed by atoms with Gasteiger partial charge in [0, 0.05) is 12.6 Å². The van der Waals surface area contributed by atoms with Gasteiger partial charge in [0.25, 0.3) is 0 Å². The molecule has 0 aliphatic heterocycles. The largest absolute Gasteiger partial charge is 0.294 e. The zero-order chi connectivity index (χ0) is 12.4. The van der Waals surface area contributed by atoms with E-state index in [1.165, 1.54) is 0 Å². The number of pyridine rings is 1. The molecule has 0 bridgehead atoms. The first kappa shape index (κ1) is 11.8. The van der Waals surface area contributed by atoms with Crippen molar-refractivity contribution in [3.8, 4) is 0 Å². The van der Waals surface area contributed by atoms with Gasteiger partial charge in [-0.15, -0.1) is 0 Å². The molecule has 3 heteroatoms. The predicted molar refractivity (Wildman–Crippen MR) is 68.5 cm³/mol. The normalized spacial score (nSPS) is 11.3. The van der Waals surface area contributed by atoms with Crippen LogP contribution in [0.2, 0.25) is 0 Å². The molecule has 0 amide bonds. The highest BCUT2D eigenvalue weighted by molar-refractivity contribution is 6.03. The van der Waals surface area contributed by atoms with Crippen molar-refractivity contribution in [2.24, 2.45) is 0 Å². The summed E-state index contributed by atoms with van der Waals surface area (Å²) in [5.41, 5.74) is 2.65. The summed E-state index contributed by atoms with van der Waals surface area (Å²) >= 11 is 0. The molecule has 2 heterocycles. The van der Waals surface area contributed by atoms with Crippen LogP contribution in [0.4, 0.5) is 0 Å². The standard InChI is InChI=1S/C14H18N2O/c1-4-7-12(17)13-11-8-5-6-9-16(11)15-14(13)10(2)3/h5-6,8-10H,4,7H2,1-3H3. The van der Waals surface area contributed by atoms with Gasteiger partial charge in [0.05, 0.1) is 16.8 Å². The van der Waals surface area contributed by atoms with Gasteiger partial charge in [-0.05, 0) is 24.5 Å². The summed E-state index contributed by atoms with van der Waals surface area (Å²) in [7, 11) is 0. The molecule has 0 unspecified atom stereocenters. The molecule has 0 saturated carbocycles. The van der Waals surface area contributed by atoms with Gasteiger partial charge in [-0.2, -0.15) is 5.10 Å². The second-order valence-corrected chi connectivity index (χ2v) is 4.62.